The highest BCUT2D eigenvalue weighted by Gasteiger charge is 2.39. The van der Waals surface area contributed by atoms with Crippen LogP contribution in [0.3, 0.4) is 0 Å². The van der Waals surface area contributed by atoms with Gasteiger partial charge in [0, 0.05) is 0 Å². The van der Waals surface area contributed by atoms with Crippen molar-refractivity contribution in [1.82, 2.24) is 0 Å². The van der Waals surface area contributed by atoms with Gasteiger partial charge in [-0.25, -0.2) is 8.42 Å². The van der Waals surface area contributed by atoms with E-state index in [0.717, 1.165) is 18.4 Å². The van der Waals surface area contributed by atoms with Crippen LogP contribution < -0.4 is 0 Å². The summed E-state index contributed by atoms with van der Waals surface area (Å²) >= 11 is 0. The van der Waals surface area contributed by atoms with E-state index in [2.05, 4.69) is 0 Å². The Labute approximate surface area is 84.9 Å². The van der Waals surface area contributed by atoms with Crippen LogP contribution in [0.4, 0.5) is 0 Å². The monoisotopic (exact) mass is 210 g/mol. The standard InChI is InChI=1S/C11H14O2S/c1-9(10-5-3-2-4-6-10)14(12,13)11-7-8-11/h2-6,9,11H,7-8H2,1H3. The molecule has 0 aliphatic heterocycles. The molecule has 14 heavy (non-hydrogen) atoms. The molecule has 0 heterocycles. The van der Waals surface area contributed by atoms with Gasteiger partial charge < -0.3 is 0 Å². The third kappa shape index (κ3) is 1.69. The highest BCUT2D eigenvalue weighted by atomic mass is 32.2. The van der Waals surface area contributed by atoms with Crippen LogP contribution in [-0.2, 0) is 9.84 Å². The van der Waals surface area contributed by atoms with Crippen molar-refractivity contribution in [2.24, 2.45) is 0 Å². The molecule has 3 heteroatoms. The first-order valence-corrected chi connectivity index (χ1v) is 6.51. The third-order valence-corrected chi connectivity index (χ3v) is 5.41. The Kier molecular flexibility index (Phi) is 2.35. The molecule has 1 aromatic carbocycles. The van der Waals surface area contributed by atoms with Gasteiger partial charge in [0.15, 0.2) is 9.84 Å². The van der Waals surface area contributed by atoms with Crippen LogP contribution >= 0.6 is 0 Å². The summed E-state index contributed by atoms with van der Waals surface area (Å²) in [7, 11) is -2.92. The number of hydrogen-bond donors (Lipinski definition) is 0. The number of rotatable bonds is 3. The lowest BCUT2D eigenvalue weighted by Gasteiger charge is -2.12. The van der Waals surface area contributed by atoms with Crippen molar-refractivity contribution in [3.63, 3.8) is 0 Å². The summed E-state index contributed by atoms with van der Waals surface area (Å²) in [5.41, 5.74) is 0.902. The quantitative estimate of drug-likeness (QED) is 0.767. The van der Waals surface area contributed by atoms with Crippen LogP contribution in [0.15, 0.2) is 30.3 Å². The van der Waals surface area contributed by atoms with E-state index in [0.29, 0.717) is 0 Å². The lowest BCUT2D eigenvalue weighted by atomic mass is 10.2. The van der Waals surface area contributed by atoms with Crippen LogP contribution in [-0.4, -0.2) is 13.7 Å². The van der Waals surface area contributed by atoms with E-state index < -0.39 is 9.84 Å². The van der Waals surface area contributed by atoms with E-state index in [4.69, 9.17) is 0 Å². The van der Waals surface area contributed by atoms with E-state index in [1.807, 2.05) is 30.3 Å². The molecule has 0 radical (unpaired) electrons. The van der Waals surface area contributed by atoms with E-state index in [9.17, 15) is 8.42 Å². The summed E-state index contributed by atoms with van der Waals surface area (Å²) in [6.45, 7) is 1.78. The molecule has 1 aliphatic carbocycles. The van der Waals surface area contributed by atoms with Crippen LogP contribution in [0.25, 0.3) is 0 Å². The van der Waals surface area contributed by atoms with Gasteiger partial charge >= 0.3 is 0 Å². The van der Waals surface area contributed by atoms with Crippen molar-refractivity contribution >= 4 is 9.84 Å². The fourth-order valence-corrected chi connectivity index (χ4v) is 3.51. The third-order valence-electron chi connectivity index (χ3n) is 2.75. The molecule has 76 valence electrons. The predicted octanol–water partition coefficient (Wildman–Crippen LogP) is 2.32. The minimum Gasteiger partial charge on any atom is -0.228 e. The van der Waals surface area contributed by atoms with Gasteiger partial charge in [-0.3, -0.25) is 0 Å². The van der Waals surface area contributed by atoms with Gasteiger partial charge in [0.1, 0.15) is 0 Å². The fraction of sp³-hybridized carbons (Fsp3) is 0.455. The molecule has 2 rings (SSSR count). The Bertz CT molecular complexity index is 404. The summed E-state index contributed by atoms with van der Waals surface area (Å²) < 4.78 is 23.8. The first kappa shape index (κ1) is 9.71. The van der Waals surface area contributed by atoms with Crippen molar-refractivity contribution < 1.29 is 8.42 Å². The van der Waals surface area contributed by atoms with E-state index in [1.54, 1.807) is 6.92 Å². The Morgan fingerprint density at radius 3 is 2.29 bits per heavy atom. The molecule has 1 fully saturated rings. The molecular weight excluding hydrogens is 196 g/mol. The highest BCUT2D eigenvalue weighted by molar-refractivity contribution is 7.92. The molecule has 1 aliphatic rings. The van der Waals surface area contributed by atoms with Gasteiger partial charge in [-0.15, -0.1) is 0 Å². The van der Waals surface area contributed by atoms with Gasteiger partial charge in [-0.2, -0.15) is 0 Å². The average molecular weight is 210 g/mol. The van der Waals surface area contributed by atoms with Gasteiger partial charge in [-0.05, 0) is 25.3 Å². The molecule has 0 aromatic heterocycles. The molecule has 2 nitrogen and oxygen atoms in total. The maximum absolute atomic E-state index is 11.9. The van der Waals surface area contributed by atoms with E-state index in [1.165, 1.54) is 0 Å². The van der Waals surface area contributed by atoms with Gasteiger partial charge in [-0.1, -0.05) is 30.3 Å². The summed E-state index contributed by atoms with van der Waals surface area (Å²) in [5.74, 6) is 0. The van der Waals surface area contributed by atoms with Crippen molar-refractivity contribution in [2.75, 3.05) is 0 Å². The molecule has 1 aromatic rings. The Hall–Kier alpha value is -0.830. The number of hydrogen-bond acceptors (Lipinski definition) is 2. The normalized spacial score (nSPS) is 19.2. The second-order valence-electron chi connectivity index (χ2n) is 3.84. The zero-order valence-electron chi connectivity index (χ0n) is 8.18. The topological polar surface area (TPSA) is 34.1 Å². The summed E-state index contributed by atoms with van der Waals surface area (Å²) in [5, 5.41) is -0.422. The Balaban J connectivity index is 2.28. The van der Waals surface area contributed by atoms with Crippen molar-refractivity contribution in [3.05, 3.63) is 35.9 Å². The average Bonchev–Trinajstić information content (AvgIpc) is 3.01. The minimum atomic E-state index is -2.92. The maximum Gasteiger partial charge on any atom is 0.159 e. The highest BCUT2D eigenvalue weighted by Crippen LogP contribution is 2.37. The minimum absolute atomic E-state index is 0.0716. The number of sulfone groups is 1. The Morgan fingerprint density at radius 1 is 1.21 bits per heavy atom. The van der Waals surface area contributed by atoms with Crippen LogP contribution in [0.5, 0.6) is 0 Å². The molecule has 1 unspecified atom stereocenters. The van der Waals surface area contributed by atoms with Crippen LogP contribution in [0.1, 0.15) is 30.6 Å². The largest absolute Gasteiger partial charge is 0.228 e. The van der Waals surface area contributed by atoms with E-state index >= 15 is 0 Å². The van der Waals surface area contributed by atoms with Gasteiger partial charge in [0.05, 0.1) is 10.5 Å². The zero-order chi connectivity index (χ0) is 10.2. The fourth-order valence-electron chi connectivity index (χ4n) is 1.60. The summed E-state index contributed by atoms with van der Waals surface area (Å²) in [4.78, 5) is 0. The first-order valence-electron chi connectivity index (χ1n) is 4.90. The molecule has 0 spiro atoms. The van der Waals surface area contributed by atoms with Crippen molar-refractivity contribution in [3.8, 4) is 0 Å². The molecule has 0 saturated heterocycles. The van der Waals surface area contributed by atoms with E-state index in [-0.39, 0.29) is 10.5 Å². The summed E-state index contributed by atoms with van der Waals surface area (Å²) in [6, 6.07) is 9.43. The molecule has 0 bridgehead atoms. The maximum atomic E-state index is 11.9. The number of benzene rings is 1. The molecule has 0 N–H and O–H groups in total. The summed E-state index contributed by atoms with van der Waals surface area (Å²) in [6.07, 6.45) is 1.69. The van der Waals surface area contributed by atoms with Gasteiger partial charge in [0.2, 0.25) is 0 Å². The smallest absolute Gasteiger partial charge is 0.159 e. The van der Waals surface area contributed by atoms with Crippen LogP contribution in [0, 0.1) is 0 Å². The lowest BCUT2D eigenvalue weighted by molar-refractivity contribution is 0.585. The predicted molar refractivity (Wildman–Crippen MR) is 56.8 cm³/mol. The van der Waals surface area contributed by atoms with Crippen molar-refractivity contribution in [2.45, 2.75) is 30.3 Å². The second kappa shape index (κ2) is 3.39. The molecule has 0 amide bonds. The zero-order valence-corrected chi connectivity index (χ0v) is 9.00. The first-order chi connectivity index (χ1) is 6.62. The lowest BCUT2D eigenvalue weighted by Crippen LogP contribution is -2.14. The Morgan fingerprint density at radius 2 is 1.79 bits per heavy atom. The second-order valence-corrected chi connectivity index (χ2v) is 6.39. The SMILES string of the molecule is CC(c1ccccc1)S(=O)(=O)C1CC1. The molecule has 1 atom stereocenters. The van der Waals surface area contributed by atoms with Crippen molar-refractivity contribution in [1.29, 1.82) is 0 Å². The molecular formula is C11H14O2S. The molecule has 1 saturated carbocycles. The van der Waals surface area contributed by atoms with Crippen LogP contribution in [0.2, 0.25) is 0 Å². The van der Waals surface area contributed by atoms with Gasteiger partial charge in [0.25, 0.3) is 0 Å².